The van der Waals surface area contributed by atoms with E-state index in [9.17, 15) is 25.9 Å². The molecule has 0 radical (unpaired) electrons. The van der Waals surface area contributed by atoms with Gasteiger partial charge in [-0.05, 0) is 12.8 Å². The highest BCUT2D eigenvalue weighted by Crippen LogP contribution is 1.96. The molecule has 0 bridgehead atoms. The largest absolute Gasteiger partial charge is 0.726 e. The summed E-state index contributed by atoms with van der Waals surface area (Å²) in [5, 5.41) is 9.17. The number of hydrogen-bond donors (Lipinski definition) is 6. The van der Waals surface area contributed by atoms with Gasteiger partial charge in [-0.3, -0.25) is 42.1 Å². The predicted octanol–water partition coefficient (Wildman–Crippen LogP) is -7.24. The van der Waals surface area contributed by atoms with Gasteiger partial charge in [0.25, 0.3) is 0 Å². The monoisotopic (exact) mass is 368 g/mol. The number of nitrogens with two attached hydrogens (primary N) is 6. The maximum Gasteiger partial charge on any atom is 0.336 e. The molecule has 0 saturated carbocycles. The van der Waals surface area contributed by atoms with Crippen molar-refractivity contribution in [2.24, 2.45) is 22.9 Å². The zero-order valence-electron chi connectivity index (χ0n) is 11.4. The lowest BCUT2D eigenvalue weighted by atomic mass is 10.3. The van der Waals surface area contributed by atoms with Crippen molar-refractivity contribution in [3.05, 3.63) is 0 Å². The molecule has 0 saturated heterocycles. The summed E-state index contributed by atoms with van der Waals surface area (Å²) in [6.07, 6.45) is 0.188. The first-order valence-corrected chi connectivity index (χ1v) is 7.81. The quantitative estimate of drug-likeness (QED) is 0.0802. The van der Waals surface area contributed by atoms with Crippen LogP contribution in [0.2, 0.25) is 0 Å². The summed E-state index contributed by atoms with van der Waals surface area (Å²) < 4.78 is 66.8. The molecule has 0 aliphatic rings. The second-order valence-electron chi connectivity index (χ2n) is 3.17. The Morgan fingerprint density at radius 1 is 0.773 bits per heavy atom. The summed E-state index contributed by atoms with van der Waals surface area (Å²) >= 11 is 0. The van der Waals surface area contributed by atoms with Crippen molar-refractivity contribution in [2.75, 3.05) is 13.2 Å². The van der Waals surface area contributed by atoms with E-state index >= 15 is 0 Å². The summed E-state index contributed by atoms with van der Waals surface area (Å²) in [6, 6.07) is 0. The third-order valence-corrected chi connectivity index (χ3v) is 1.90. The Labute approximate surface area is 127 Å². The van der Waals surface area contributed by atoms with Gasteiger partial charge in [-0.25, -0.2) is 16.8 Å². The van der Waals surface area contributed by atoms with Crippen molar-refractivity contribution in [3.63, 3.8) is 0 Å². The van der Waals surface area contributed by atoms with E-state index in [0.717, 1.165) is 0 Å². The normalized spacial score (nSPS) is 10.5. The SMILES string of the molecule is NC(N)=[NH2+].NC(N)=[NH2+].O=S(=O)([O-])OCCCCOS(=O)(=O)[O-]. The maximum atomic E-state index is 9.87. The molecule has 0 heterocycles. The molecule has 0 atom stereocenters. The van der Waals surface area contributed by atoms with Gasteiger partial charge in [-0.2, -0.15) is 0 Å². The first kappa shape index (κ1) is 25.2. The van der Waals surface area contributed by atoms with Crippen LogP contribution in [0, 0.1) is 0 Å². The first-order chi connectivity index (χ1) is 9.67. The van der Waals surface area contributed by atoms with Crippen LogP contribution in [0.1, 0.15) is 12.8 Å². The van der Waals surface area contributed by atoms with E-state index in [0.29, 0.717) is 0 Å². The summed E-state index contributed by atoms with van der Waals surface area (Å²) in [4.78, 5) is 0. The lowest BCUT2D eigenvalue weighted by Crippen LogP contribution is -2.51. The molecule has 0 rings (SSSR count). The van der Waals surface area contributed by atoms with Crippen LogP contribution in [0.3, 0.4) is 0 Å². The Bertz CT molecular complexity index is 461. The fraction of sp³-hybridized carbons (Fsp3) is 0.667. The minimum absolute atomic E-state index is 0.0833. The zero-order chi connectivity index (χ0) is 18.4. The van der Waals surface area contributed by atoms with Gasteiger partial charge in [0.1, 0.15) is 0 Å². The minimum atomic E-state index is -4.71. The molecular weight excluding hydrogens is 348 g/mol. The molecule has 0 fully saturated rings. The molecule has 16 heteroatoms. The van der Waals surface area contributed by atoms with E-state index in [1.54, 1.807) is 0 Å². The molecule has 0 aromatic carbocycles. The average molecular weight is 368 g/mol. The topological polar surface area (TPSA) is 288 Å². The van der Waals surface area contributed by atoms with Crippen LogP contribution in [0.4, 0.5) is 0 Å². The summed E-state index contributed by atoms with van der Waals surface area (Å²) in [5.41, 5.74) is 18.3. The first-order valence-electron chi connectivity index (χ1n) is 5.14. The number of unbranched alkanes of at least 4 members (excludes halogenated alkanes) is 1. The molecule has 0 aromatic heterocycles. The fourth-order valence-corrected chi connectivity index (χ4v) is 1.17. The van der Waals surface area contributed by atoms with Crippen molar-refractivity contribution in [2.45, 2.75) is 12.8 Å². The minimum Gasteiger partial charge on any atom is -0.726 e. The highest BCUT2D eigenvalue weighted by atomic mass is 32.3. The average Bonchev–Trinajstić information content (AvgIpc) is 2.18. The van der Waals surface area contributed by atoms with Crippen LogP contribution in [0.5, 0.6) is 0 Å². The van der Waals surface area contributed by atoms with E-state index < -0.39 is 20.8 Å². The molecule has 0 aliphatic carbocycles. The van der Waals surface area contributed by atoms with E-state index in [4.69, 9.17) is 0 Å². The van der Waals surface area contributed by atoms with Gasteiger partial charge < -0.3 is 9.11 Å². The lowest BCUT2D eigenvalue weighted by molar-refractivity contribution is -0.117. The van der Waals surface area contributed by atoms with Crippen molar-refractivity contribution in [1.82, 2.24) is 0 Å². The van der Waals surface area contributed by atoms with Gasteiger partial charge in [0.05, 0.1) is 13.2 Å². The second-order valence-corrected chi connectivity index (χ2v) is 5.27. The molecule has 0 aliphatic heterocycles. The number of rotatable bonds is 7. The second kappa shape index (κ2) is 13.0. The Balaban J connectivity index is -0.000000372. The summed E-state index contributed by atoms with van der Waals surface area (Å²) in [5.74, 6) is -0.167. The molecule has 0 amide bonds. The predicted molar refractivity (Wildman–Crippen MR) is 71.1 cm³/mol. The highest BCUT2D eigenvalue weighted by molar-refractivity contribution is 7.81. The molecule has 12 N–H and O–H groups in total. The Hall–Kier alpha value is -1.72. The smallest absolute Gasteiger partial charge is 0.336 e. The van der Waals surface area contributed by atoms with E-state index in [-0.39, 0.29) is 38.0 Å². The highest BCUT2D eigenvalue weighted by Gasteiger charge is 1.97. The van der Waals surface area contributed by atoms with Crippen molar-refractivity contribution in [1.29, 1.82) is 0 Å². The van der Waals surface area contributed by atoms with Gasteiger partial charge in [0.15, 0.2) is 0 Å². The fourth-order valence-electron chi connectivity index (χ4n) is 0.526. The number of hydrogen-bond acceptors (Lipinski definition) is 8. The maximum absolute atomic E-state index is 9.87. The molecule has 0 spiro atoms. The third kappa shape index (κ3) is 63.4. The third-order valence-electron chi connectivity index (χ3n) is 0.994. The van der Waals surface area contributed by atoms with Gasteiger partial charge >= 0.3 is 11.9 Å². The van der Waals surface area contributed by atoms with Crippen molar-refractivity contribution < 1.29 is 45.1 Å². The molecule has 0 unspecified atom stereocenters. The molecular formula is C6H20N6O8S2. The molecule has 0 aromatic rings. The Kier molecular flexibility index (Phi) is 14.9. The lowest BCUT2D eigenvalue weighted by Gasteiger charge is -2.08. The van der Waals surface area contributed by atoms with Gasteiger partial charge in [0, 0.05) is 0 Å². The van der Waals surface area contributed by atoms with Crippen LogP contribution < -0.4 is 33.8 Å². The Morgan fingerprint density at radius 3 is 1.09 bits per heavy atom. The van der Waals surface area contributed by atoms with Crippen LogP contribution in [-0.4, -0.2) is 51.1 Å². The van der Waals surface area contributed by atoms with Crippen LogP contribution in [-0.2, 0) is 29.2 Å². The van der Waals surface area contributed by atoms with E-state index in [1.165, 1.54) is 0 Å². The molecule has 22 heavy (non-hydrogen) atoms. The van der Waals surface area contributed by atoms with Gasteiger partial charge in [-0.1, -0.05) is 0 Å². The zero-order valence-corrected chi connectivity index (χ0v) is 13.0. The standard InChI is InChI=1S/C4H10O8S2.2CH5N3/c5-13(6,7)11-3-1-2-4-12-14(8,9)10;2*2-1(3)4/h1-4H2,(H,5,6,7)(H,8,9,10);2*(H5,2,3,4). The molecule has 134 valence electrons. The van der Waals surface area contributed by atoms with Gasteiger partial charge in [-0.15, -0.1) is 0 Å². The van der Waals surface area contributed by atoms with Gasteiger partial charge in [0.2, 0.25) is 20.8 Å². The Morgan fingerprint density at radius 2 is 0.955 bits per heavy atom. The summed E-state index contributed by atoms with van der Waals surface area (Å²) in [7, 11) is -9.42. The van der Waals surface area contributed by atoms with Crippen LogP contribution >= 0.6 is 0 Å². The van der Waals surface area contributed by atoms with E-state index in [2.05, 4.69) is 42.1 Å². The van der Waals surface area contributed by atoms with E-state index in [1.807, 2.05) is 0 Å². The summed E-state index contributed by atoms with van der Waals surface area (Å²) in [6.45, 7) is -0.734. The molecule has 14 nitrogen and oxygen atoms in total. The van der Waals surface area contributed by atoms with Crippen LogP contribution in [0.15, 0.2) is 0 Å². The van der Waals surface area contributed by atoms with Crippen molar-refractivity contribution in [3.8, 4) is 0 Å². The van der Waals surface area contributed by atoms with Crippen molar-refractivity contribution >= 4 is 32.7 Å². The van der Waals surface area contributed by atoms with Crippen LogP contribution in [0.25, 0.3) is 0 Å². The number of guanidine groups is 2.